The number of aryl methyl sites for hydroxylation is 1. The molecule has 0 aliphatic carbocycles. The van der Waals surface area contributed by atoms with Crippen LogP contribution >= 0.6 is 0 Å². The number of rotatable bonds is 2. The van der Waals surface area contributed by atoms with Crippen molar-refractivity contribution < 1.29 is 4.79 Å². The van der Waals surface area contributed by atoms with Gasteiger partial charge >= 0.3 is 0 Å². The maximum atomic E-state index is 12.3. The minimum absolute atomic E-state index is 0.0379. The molecule has 0 saturated carbocycles. The molecule has 94 valence electrons. The predicted octanol–water partition coefficient (Wildman–Crippen LogP) is 2.91. The first-order valence-electron chi connectivity index (χ1n) is 6.11. The van der Waals surface area contributed by atoms with E-state index >= 15 is 0 Å². The van der Waals surface area contributed by atoms with Gasteiger partial charge < -0.3 is 4.90 Å². The lowest BCUT2D eigenvalue weighted by atomic mass is 10.0. The van der Waals surface area contributed by atoms with Crippen molar-refractivity contribution in [2.24, 2.45) is 5.11 Å². The molecule has 5 heteroatoms. The highest BCUT2D eigenvalue weighted by atomic mass is 16.2. The first-order valence-corrected chi connectivity index (χ1v) is 6.11. The van der Waals surface area contributed by atoms with Crippen LogP contribution in [0.15, 0.2) is 29.4 Å². The zero-order valence-corrected chi connectivity index (χ0v) is 10.4. The van der Waals surface area contributed by atoms with Crippen molar-refractivity contribution in [3.63, 3.8) is 0 Å². The Balaban J connectivity index is 2.04. The van der Waals surface area contributed by atoms with Crippen LogP contribution in [0.25, 0.3) is 10.4 Å². The number of carbonyl (C=O) groups excluding carboxylic acids is 1. The van der Waals surface area contributed by atoms with Gasteiger partial charge in [0, 0.05) is 29.6 Å². The molecule has 1 aliphatic heterocycles. The molecule has 0 unspecified atom stereocenters. The van der Waals surface area contributed by atoms with Crippen LogP contribution in [0.1, 0.15) is 28.8 Å². The summed E-state index contributed by atoms with van der Waals surface area (Å²) in [5.41, 5.74) is 10.1. The molecule has 0 aromatic heterocycles. The molecule has 0 atom stereocenters. The third-order valence-corrected chi connectivity index (χ3v) is 3.34. The lowest BCUT2D eigenvalue weighted by Gasteiger charge is -2.30. The normalized spacial score (nSPS) is 16.2. The van der Waals surface area contributed by atoms with Crippen molar-refractivity contribution in [1.29, 1.82) is 0 Å². The van der Waals surface area contributed by atoms with Crippen LogP contribution in [0.4, 0.5) is 0 Å². The van der Waals surface area contributed by atoms with E-state index in [0.717, 1.165) is 24.0 Å². The maximum Gasteiger partial charge on any atom is 0.254 e. The highest BCUT2D eigenvalue weighted by molar-refractivity contribution is 5.95. The van der Waals surface area contributed by atoms with Crippen molar-refractivity contribution in [2.75, 3.05) is 13.1 Å². The van der Waals surface area contributed by atoms with Crippen molar-refractivity contribution in [3.05, 3.63) is 45.8 Å². The van der Waals surface area contributed by atoms with Gasteiger partial charge in [0.1, 0.15) is 0 Å². The molecule has 1 heterocycles. The van der Waals surface area contributed by atoms with Crippen molar-refractivity contribution in [3.8, 4) is 0 Å². The van der Waals surface area contributed by atoms with Crippen LogP contribution in [0.5, 0.6) is 0 Å². The third kappa shape index (κ3) is 2.63. The zero-order chi connectivity index (χ0) is 13.0. The number of piperidine rings is 1. The molecule has 0 bridgehead atoms. The molecule has 18 heavy (non-hydrogen) atoms. The summed E-state index contributed by atoms with van der Waals surface area (Å²) in [7, 11) is 0. The van der Waals surface area contributed by atoms with Crippen LogP contribution in [-0.4, -0.2) is 29.9 Å². The number of azide groups is 1. The predicted molar refractivity (Wildman–Crippen MR) is 69.3 cm³/mol. The fourth-order valence-electron chi connectivity index (χ4n) is 2.24. The van der Waals surface area contributed by atoms with E-state index in [9.17, 15) is 4.79 Å². The zero-order valence-electron chi connectivity index (χ0n) is 10.4. The summed E-state index contributed by atoms with van der Waals surface area (Å²) in [6.45, 7) is 3.27. The third-order valence-electron chi connectivity index (χ3n) is 3.34. The molecule has 1 aliphatic rings. The average molecular weight is 244 g/mol. The smallest absolute Gasteiger partial charge is 0.254 e. The molecule has 1 aromatic rings. The molecular weight excluding hydrogens is 228 g/mol. The Kier molecular flexibility index (Phi) is 3.85. The molecule has 1 aromatic carbocycles. The number of carbonyl (C=O) groups is 1. The molecule has 1 amide bonds. The van der Waals surface area contributed by atoms with Gasteiger partial charge in [-0.2, -0.15) is 0 Å². The molecular formula is C13H16N4O. The Morgan fingerprint density at radius 3 is 2.67 bits per heavy atom. The van der Waals surface area contributed by atoms with Gasteiger partial charge in [0.2, 0.25) is 0 Å². The minimum Gasteiger partial charge on any atom is -0.339 e. The van der Waals surface area contributed by atoms with Crippen molar-refractivity contribution in [2.45, 2.75) is 25.8 Å². The molecule has 0 N–H and O–H groups in total. The van der Waals surface area contributed by atoms with Gasteiger partial charge in [-0.15, -0.1) is 0 Å². The number of nitrogens with zero attached hydrogens (tertiary/aromatic N) is 4. The molecule has 0 radical (unpaired) electrons. The standard InChI is InChI=1S/C13H16N4O/c1-10-4-2-3-5-12(10)13(18)17-8-6-11(7-9-17)15-16-14/h2-5,11H,6-9H2,1H3. The number of amides is 1. The van der Waals surface area contributed by atoms with E-state index in [-0.39, 0.29) is 11.9 Å². The molecule has 1 fully saturated rings. The van der Waals surface area contributed by atoms with Gasteiger partial charge in [-0.05, 0) is 36.9 Å². The number of hydrogen-bond donors (Lipinski definition) is 0. The fraction of sp³-hybridized carbons (Fsp3) is 0.462. The Labute approximate surface area is 106 Å². The van der Waals surface area contributed by atoms with E-state index in [1.807, 2.05) is 36.1 Å². The highest BCUT2D eigenvalue weighted by Gasteiger charge is 2.23. The van der Waals surface area contributed by atoms with Gasteiger partial charge in [0.05, 0.1) is 0 Å². The van der Waals surface area contributed by atoms with Gasteiger partial charge in [0.15, 0.2) is 0 Å². The van der Waals surface area contributed by atoms with Gasteiger partial charge in [-0.25, -0.2) is 0 Å². The van der Waals surface area contributed by atoms with Crippen LogP contribution in [0.3, 0.4) is 0 Å². The van der Waals surface area contributed by atoms with E-state index in [2.05, 4.69) is 10.0 Å². The van der Waals surface area contributed by atoms with Crippen LogP contribution in [0, 0.1) is 6.92 Å². The quantitative estimate of drug-likeness (QED) is 0.448. The monoisotopic (exact) mass is 244 g/mol. The first kappa shape index (κ1) is 12.5. The SMILES string of the molecule is Cc1ccccc1C(=O)N1CCC(N=[N+]=[N-])CC1. The van der Waals surface area contributed by atoms with Gasteiger partial charge in [-0.1, -0.05) is 23.3 Å². The summed E-state index contributed by atoms with van der Waals surface area (Å²) in [5, 5.41) is 3.71. The van der Waals surface area contributed by atoms with Crippen LogP contribution in [-0.2, 0) is 0 Å². The summed E-state index contributed by atoms with van der Waals surface area (Å²) < 4.78 is 0. The van der Waals surface area contributed by atoms with Crippen molar-refractivity contribution >= 4 is 5.91 Å². The largest absolute Gasteiger partial charge is 0.339 e. The van der Waals surface area contributed by atoms with Crippen molar-refractivity contribution in [1.82, 2.24) is 4.90 Å². The summed E-state index contributed by atoms with van der Waals surface area (Å²) >= 11 is 0. The number of likely N-dealkylation sites (tertiary alicyclic amines) is 1. The summed E-state index contributed by atoms with van der Waals surface area (Å²) in [4.78, 5) is 17.0. The first-order chi connectivity index (χ1) is 8.72. The van der Waals surface area contributed by atoms with E-state index in [1.54, 1.807) is 0 Å². The Bertz CT molecular complexity index is 486. The fourth-order valence-corrected chi connectivity index (χ4v) is 2.24. The van der Waals surface area contributed by atoms with Crippen LogP contribution in [0.2, 0.25) is 0 Å². The maximum absolute atomic E-state index is 12.3. The summed E-state index contributed by atoms with van der Waals surface area (Å²) in [5.74, 6) is 0.0764. The second kappa shape index (κ2) is 5.56. The molecule has 1 saturated heterocycles. The molecule has 2 rings (SSSR count). The highest BCUT2D eigenvalue weighted by Crippen LogP contribution is 2.17. The molecule has 0 spiro atoms. The Morgan fingerprint density at radius 2 is 2.06 bits per heavy atom. The topological polar surface area (TPSA) is 69.1 Å². The average Bonchev–Trinajstić information content (AvgIpc) is 2.40. The number of benzene rings is 1. The Hall–Kier alpha value is -2.00. The Morgan fingerprint density at radius 1 is 1.39 bits per heavy atom. The van der Waals surface area contributed by atoms with E-state index in [4.69, 9.17) is 5.53 Å². The number of hydrogen-bond acceptors (Lipinski definition) is 2. The van der Waals surface area contributed by atoms with Crippen LogP contribution < -0.4 is 0 Å². The second-order valence-corrected chi connectivity index (χ2v) is 4.54. The minimum atomic E-state index is 0.0379. The summed E-state index contributed by atoms with van der Waals surface area (Å²) in [6.07, 6.45) is 1.50. The second-order valence-electron chi connectivity index (χ2n) is 4.54. The molecule has 5 nitrogen and oxygen atoms in total. The van der Waals surface area contributed by atoms with E-state index in [1.165, 1.54) is 0 Å². The van der Waals surface area contributed by atoms with Gasteiger partial charge in [-0.3, -0.25) is 4.79 Å². The lowest BCUT2D eigenvalue weighted by Crippen LogP contribution is -2.39. The van der Waals surface area contributed by atoms with Gasteiger partial charge in [0.25, 0.3) is 5.91 Å². The van der Waals surface area contributed by atoms with E-state index < -0.39 is 0 Å². The lowest BCUT2D eigenvalue weighted by molar-refractivity contribution is 0.0714. The summed E-state index contributed by atoms with van der Waals surface area (Å²) in [6, 6.07) is 7.65. The van der Waals surface area contributed by atoms with E-state index in [0.29, 0.717) is 13.1 Å².